The van der Waals surface area contributed by atoms with Crippen LogP contribution >= 0.6 is 11.3 Å². The van der Waals surface area contributed by atoms with Crippen LogP contribution in [0.3, 0.4) is 0 Å². The molecule has 4 aromatic rings. The molecule has 0 aliphatic rings. The zero-order valence-electron chi connectivity index (χ0n) is 16.9. The highest BCUT2D eigenvalue weighted by Gasteiger charge is 2.12. The van der Waals surface area contributed by atoms with E-state index in [1.165, 1.54) is 29.7 Å². The molecule has 0 N–H and O–H groups in total. The Hall–Kier alpha value is -3.59. The van der Waals surface area contributed by atoms with Crippen LogP contribution in [0.25, 0.3) is 5.82 Å². The first kappa shape index (κ1) is 20.7. The topological polar surface area (TPSA) is 79.1 Å². The zero-order valence-corrected chi connectivity index (χ0v) is 17.7. The number of hydrogen-bond acceptors (Lipinski definition) is 7. The summed E-state index contributed by atoms with van der Waals surface area (Å²) >= 11 is 1.40. The van der Waals surface area contributed by atoms with Gasteiger partial charge >= 0.3 is 5.97 Å². The SMILES string of the molecule is Cc1cc(C)n(-c2ccc(C(=O)OCc3csc(COc4ccc(F)cc4)n3)cn2)n1. The number of nitrogens with zero attached hydrogens (tertiary/aromatic N) is 4. The number of aromatic nitrogens is 4. The van der Waals surface area contributed by atoms with Crippen LogP contribution in [0.4, 0.5) is 4.39 Å². The van der Waals surface area contributed by atoms with E-state index in [0.717, 1.165) is 16.4 Å². The van der Waals surface area contributed by atoms with Crippen molar-refractivity contribution < 1.29 is 18.7 Å². The number of carbonyl (C=O) groups excluding carboxylic acids is 1. The van der Waals surface area contributed by atoms with E-state index in [9.17, 15) is 9.18 Å². The molecular formula is C22H19FN4O3S. The first-order valence-electron chi connectivity index (χ1n) is 9.46. The number of esters is 1. The number of thiazole rings is 1. The van der Waals surface area contributed by atoms with Gasteiger partial charge in [-0.15, -0.1) is 11.3 Å². The van der Waals surface area contributed by atoms with Gasteiger partial charge in [0.2, 0.25) is 0 Å². The summed E-state index contributed by atoms with van der Waals surface area (Å²) in [5.41, 5.74) is 2.83. The summed E-state index contributed by atoms with van der Waals surface area (Å²) in [6.45, 7) is 4.15. The molecule has 0 bridgehead atoms. The number of carbonyl (C=O) groups is 1. The smallest absolute Gasteiger partial charge is 0.340 e. The van der Waals surface area contributed by atoms with E-state index >= 15 is 0 Å². The molecule has 0 radical (unpaired) electrons. The van der Waals surface area contributed by atoms with E-state index < -0.39 is 5.97 Å². The molecule has 0 amide bonds. The van der Waals surface area contributed by atoms with Crippen molar-refractivity contribution in [2.45, 2.75) is 27.1 Å². The molecule has 0 fully saturated rings. The van der Waals surface area contributed by atoms with Crippen LogP contribution in [0.5, 0.6) is 5.75 Å². The highest BCUT2D eigenvalue weighted by atomic mass is 32.1. The average molecular weight is 438 g/mol. The van der Waals surface area contributed by atoms with Crippen LogP contribution in [0, 0.1) is 19.7 Å². The van der Waals surface area contributed by atoms with Gasteiger partial charge < -0.3 is 9.47 Å². The van der Waals surface area contributed by atoms with Gasteiger partial charge in [0.05, 0.1) is 17.0 Å². The van der Waals surface area contributed by atoms with Gasteiger partial charge in [-0.2, -0.15) is 5.10 Å². The minimum atomic E-state index is -0.482. The Morgan fingerprint density at radius 1 is 1.13 bits per heavy atom. The third-order valence-electron chi connectivity index (χ3n) is 4.34. The minimum Gasteiger partial charge on any atom is -0.486 e. The fourth-order valence-electron chi connectivity index (χ4n) is 2.87. The van der Waals surface area contributed by atoms with Crippen molar-refractivity contribution in [1.82, 2.24) is 19.7 Å². The lowest BCUT2D eigenvalue weighted by Crippen LogP contribution is -2.08. The van der Waals surface area contributed by atoms with E-state index in [-0.39, 0.29) is 19.0 Å². The van der Waals surface area contributed by atoms with Gasteiger partial charge in [0.15, 0.2) is 5.82 Å². The third-order valence-corrected chi connectivity index (χ3v) is 5.21. The Labute approximate surface area is 182 Å². The highest BCUT2D eigenvalue weighted by Crippen LogP contribution is 2.17. The highest BCUT2D eigenvalue weighted by molar-refractivity contribution is 7.09. The van der Waals surface area contributed by atoms with Gasteiger partial charge in [-0.3, -0.25) is 0 Å². The average Bonchev–Trinajstić information content (AvgIpc) is 3.37. The second-order valence-corrected chi connectivity index (χ2v) is 7.74. The van der Waals surface area contributed by atoms with Crippen LogP contribution in [-0.2, 0) is 18.0 Å². The first-order chi connectivity index (χ1) is 15.0. The molecule has 31 heavy (non-hydrogen) atoms. The van der Waals surface area contributed by atoms with Gasteiger partial charge in [-0.05, 0) is 56.3 Å². The summed E-state index contributed by atoms with van der Waals surface area (Å²) in [4.78, 5) is 21.0. The molecule has 7 nitrogen and oxygen atoms in total. The lowest BCUT2D eigenvalue weighted by atomic mass is 10.3. The molecule has 0 atom stereocenters. The van der Waals surface area contributed by atoms with E-state index in [4.69, 9.17) is 9.47 Å². The summed E-state index contributed by atoms with van der Waals surface area (Å²) in [6, 6.07) is 11.1. The fraction of sp³-hybridized carbons (Fsp3) is 0.182. The number of hydrogen-bond donors (Lipinski definition) is 0. The minimum absolute atomic E-state index is 0.0467. The van der Waals surface area contributed by atoms with Crippen LogP contribution in [0.15, 0.2) is 54.0 Å². The first-order valence-corrected chi connectivity index (χ1v) is 10.3. The molecule has 0 unspecified atom stereocenters. The predicted molar refractivity (Wildman–Crippen MR) is 113 cm³/mol. The Kier molecular flexibility index (Phi) is 6.03. The number of benzene rings is 1. The predicted octanol–water partition coefficient (Wildman–Crippen LogP) is 4.42. The maximum absolute atomic E-state index is 12.9. The molecule has 0 saturated heterocycles. The third kappa shape index (κ3) is 5.13. The summed E-state index contributed by atoms with van der Waals surface area (Å²) in [6.07, 6.45) is 1.47. The molecule has 0 aliphatic heterocycles. The molecule has 3 heterocycles. The van der Waals surface area contributed by atoms with Crippen molar-refractivity contribution in [3.8, 4) is 11.6 Å². The van der Waals surface area contributed by atoms with Gasteiger partial charge in [0.25, 0.3) is 0 Å². The molecule has 0 saturated carbocycles. The Bertz CT molecular complexity index is 1190. The van der Waals surface area contributed by atoms with Crippen molar-refractivity contribution in [2.24, 2.45) is 0 Å². The van der Waals surface area contributed by atoms with Crippen molar-refractivity contribution in [2.75, 3.05) is 0 Å². The van der Waals surface area contributed by atoms with Crippen LogP contribution in [-0.4, -0.2) is 25.7 Å². The number of pyridine rings is 1. The summed E-state index contributed by atoms with van der Waals surface area (Å²) in [7, 11) is 0. The molecule has 0 spiro atoms. The number of aryl methyl sites for hydroxylation is 2. The Morgan fingerprint density at radius 3 is 2.61 bits per heavy atom. The van der Waals surface area contributed by atoms with Crippen molar-refractivity contribution in [3.63, 3.8) is 0 Å². The largest absolute Gasteiger partial charge is 0.486 e. The lowest BCUT2D eigenvalue weighted by Gasteiger charge is -2.06. The Morgan fingerprint density at radius 2 is 1.94 bits per heavy atom. The van der Waals surface area contributed by atoms with Crippen LogP contribution in [0.2, 0.25) is 0 Å². The standard InChI is InChI=1S/C22H19FN4O3S/c1-14-9-15(2)27(26-14)20-8-3-16(10-24-20)22(28)30-11-18-13-31-21(25-18)12-29-19-6-4-17(23)5-7-19/h3-10,13H,11-12H2,1-2H3. The fourth-order valence-corrected chi connectivity index (χ4v) is 3.56. The molecule has 0 aliphatic carbocycles. The molecule has 3 aromatic heterocycles. The molecular weight excluding hydrogens is 419 g/mol. The van der Waals surface area contributed by atoms with E-state index in [1.54, 1.807) is 34.3 Å². The van der Waals surface area contributed by atoms with E-state index in [1.807, 2.05) is 19.9 Å². The van der Waals surface area contributed by atoms with Crippen molar-refractivity contribution in [3.05, 3.63) is 87.5 Å². The van der Waals surface area contributed by atoms with Crippen LogP contribution in [0.1, 0.15) is 32.4 Å². The summed E-state index contributed by atoms with van der Waals surface area (Å²) in [5, 5.41) is 6.91. The quantitative estimate of drug-likeness (QED) is 0.398. The monoisotopic (exact) mass is 438 g/mol. The van der Waals surface area contributed by atoms with Crippen molar-refractivity contribution in [1.29, 1.82) is 0 Å². The molecule has 4 rings (SSSR count). The van der Waals surface area contributed by atoms with Gasteiger partial charge in [0, 0.05) is 17.3 Å². The van der Waals surface area contributed by atoms with Gasteiger partial charge in [-0.25, -0.2) is 23.8 Å². The maximum atomic E-state index is 12.9. The normalized spacial score (nSPS) is 10.8. The van der Waals surface area contributed by atoms with Crippen molar-refractivity contribution >= 4 is 17.3 Å². The zero-order chi connectivity index (χ0) is 21.8. The second kappa shape index (κ2) is 9.05. The number of ether oxygens (including phenoxy) is 2. The second-order valence-electron chi connectivity index (χ2n) is 6.80. The van der Waals surface area contributed by atoms with Gasteiger partial charge in [0.1, 0.15) is 29.8 Å². The van der Waals surface area contributed by atoms with Gasteiger partial charge in [-0.1, -0.05) is 0 Å². The van der Waals surface area contributed by atoms with Crippen LogP contribution < -0.4 is 4.74 Å². The summed E-state index contributed by atoms with van der Waals surface area (Å²) in [5.74, 6) is 0.389. The lowest BCUT2D eigenvalue weighted by molar-refractivity contribution is 0.0467. The molecule has 1 aromatic carbocycles. The Balaban J connectivity index is 1.30. The molecule has 9 heteroatoms. The van der Waals surface area contributed by atoms with E-state index in [0.29, 0.717) is 22.8 Å². The maximum Gasteiger partial charge on any atom is 0.340 e. The summed E-state index contributed by atoms with van der Waals surface area (Å²) < 4.78 is 25.6. The molecule has 158 valence electrons. The van der Waals surface area contributed by atoms with E-state index in [2.05, 4.69) is 15.1 Å². The number of rotatable bonds is 7. The number of halogens is 1.